The number of piperidine rings is 1. The molecule has 3 aromatic rings. The lowest BCUT2D eigenvalue weighted by atomic mass is 10.0. The van der Waals surface area contributed by atoms with Crippen molar-refractivity contribution in [2.45, 2.75) is 69.1 Å². The van der Waals surface area contributed by atoms with Gasteiger partial charge in [-0.25, -0.2) is 0 Å². The zero-order chi connectivity index (χ0) is 20.7. The first-order valence-electron chi connectivity index (χ1n) is 11.0. The fraction of sp³-hybridized carbons (Fsp3) is 0.545. The van der Waals surface area contributed by atoms with E-state index >= 15 is 0 Å². The van der Waals surface area contributed by atoms with Crippen LogP contribution >= 0.6 is 11.8 Å². The highest BCUT2D eigenvalue weighted by molar-refractivity contribution is 7.99. The molecule has 158 valence electrons. The maximum atomic E-state index is 13.3. The van der Waals surface area contributed by atoms with Crippen LogP contribution in [0.1, 0.15) is 57.9 Å². The predicted octanol–water partition coefficient (Wildman–Crippen LogP) is 3.65. The van der Waals surface area contributed by atoms with Crippen molar-refractivity contribution in [2.24, 2.45) is 0 Å². The molecule has 3 heterocycles. The summed E-state index contributed by atoms with van der Waals surface area (Å²) >= 11 is 1.42. The quantitative estimate of drug-likeness (QED) is 0.597. The molecule has 1 saturated carbocycles. The maximum Gasteiger partial charge on any atom is 0.263 e. The zero-order valence-electron chi connectivity index (χ0n) is 17.3. The SMILES string of the molecule is C[C@@H]1CCCCN1C(=O)CSc1nnc2n(C3CCCC3)c(=O)c3ccccc3n12. The van der Waals surface area contributed by atoms with E-state index in [0.29, 0.717) is 28.1 Å². The number of hydrogen-bond donors (Lipinski definition) is 0. The van der Waals surface area contributed by atoms with Gasteiger partial charge in [-0.05, 0) is 51.2 Å². The summed E-state index contributed by atoms with van der Waals surface area (Å²) in [5, 5.41) is 10.2. The second-order valence-electron chi connectivity index (χ2n) is 8.47. The van der Waals surface area contributed by atoms with Crippen LogP contribution in [0.5, 0.6) is 0 Å². The third kappa shape index (κ3) is 3.31. The van der Waals surface area contributed by atoms with Gasteiger partial charge in [0, 0.05) is 18.6 Å². The molecule has 0 bridgehead atoms. The van der Waals surface area contributed by atoms with E-state index in [2.05, 4.69) is 17.1 Å². The van der Waals surface area contributed by atoms with Crippen molar-refractivity contribution < 1.29 is 4.79 Å². The largest absolute Gasteiger partial charge is 0.339 e. The Bertz CT molecular complexity index is 1150. The van der Waals surface area contributed by atoms with E-state index in [1.807, 2.05) is 38.1 Å². The Morgan fingerprint density at radius 1 is 1.10 bits per heavy atom. The Morgan fingerprint density at radius 2 is 1.87 bits per heavy atom. The van der Waals surface area contributed by atoms with Crippen molar-refractivity contribution in [3.8, 4) is 0 Å². The van der Waals surface area contributed by atoms with Crippen LogP contribution in [0.3, 0.4) is 0 Å². The van der Waals surface area contributed by atoms with E-state index < -0.39 is 0 Å². The summed E-state index contributed by atoms with van der Waals surface area (Å²) in [6.45, 7) is 2.97. The molecule has 1 saturated heterocycles. The van der Waals surface area contributed by atoms with Crippen molar-refractivity contribution in [2.75, 3.05) is 12.3 Å². The van der Waals surface area contributed by atoms with Gasteiger partial charge >= 0.3 is 0 Å². The van der Waals surface area contributed by atoms with Gasteiger partial charge in [0.2, 0.25) is 11.7 Å². The molecule has 1 amide bonds. The van der Waals surface area contributed by atoms with Crippen LogP contribution in [-0.2, 0) is 4.79 Å². The van der Waals surface area contributed by atoms with E-state index in [1.165, 1.54) is 18.2 Å². The third-order valence-electron chi connectivity index (χ3n) is 6.56. The second-order valence-corrected chi connectivity index (χ2v) is 9.41. The first-order chi connectivity index (χ1) is 14.6. The van der Waals surface area contributed by atoms with Crippen LogP contribution in [0.15, 0.2) is 34.2 Å². The minimum Gasteiger partial charge on any atom is -0.339 e. The minimum absolute atomic E-state index is 0.00664. The minimum atomic E-state index is 0.00664. The van der Waals surface area contributed by atoms with Crippen LogP contribution in [0, 0.1) is 0 Å². The van der Waals surface area contributed by atoms with Crippen LogP contribution in [0.2, 0.25) is 0 Å². The number of amides is 1. The summed E-state index contributed by atoms with van der Waals surface area (Å²) in [5.41, 5.74) is 0.810. The highest BCUT2D eigenvalue weighted by Crippen LogP contribution is 2.31. The highest BCUT2D eigenvalue weighted by atomic mass is 32.2. The van der Waals surface area contributed by atoms with E-state index in [-0.39, 0.29) is 17.5 Å². The van der Waals surface area contributed by atoms with Crippen molar-refractivity contribution in [1.29, 1.82) is 0 Å². The normalized spacial score (nSPS) is 20.4. The molecule has 0 spiro atoms. The molecule has 0 unspecified atom stereocenters. The molecule has 1 aromatic carbocycles. The first-order valence-corrected chi connectivity index (χ1v) is 11.9. The van der Waals surface area contributed by atoms with Gasteiger partial charge in [0.1, 0.15) is 0 Å². The number of aromatic nitrogens is 4. The summed E-state index contributed by atoms with van der Waals surface area (Å²) < 4.78 is 3.80. The van der Waals surface area contributed by atoms with Crippen LogP contribution < -0.4 is 5.56 Å². The van der Waals surface area contributed by atoms with Crippen molar-refractivity contribution in [3.63, 3.8) is 0 Å². The van der Waals surface area contributed by atoms with Gasteiger partial charge in [-0.3, -0.25) is 18.6 Å². The number of fused-ring (bicyclic) bond motifs is 3. The number of benzene rings is 1. The van der Waals surface area contributed by atoms with Crippen molar-refractivity contribution in [3.05, 3.63) is 34.6 Å². The fourth-order valence-electron chi connectivity index (χ4n) is 4.96. The van der Waals surface area contributed by atoms with Gasteiger partial charge in [0.05, 0.1) is 16.7 Å². The zero-order valence-corrected chi connectivity index (χ0v) is 18.1. The predicted molar refractivity (Wildman–Crippen MR) is 118 cm³/mol. The molecular formula is C22H27N5O2S. The van der Waals surface area contributed by atoms with Crippen molar-refractivity contribution in [1.82, 2.24) is 24.1 Å². The Hall–Kier alpha value is -2.35. The Labute approximate surface area is 179 Å². The Kier molecular flexibility index (Phi) is 5.26. The number of carbonyl (C=O) groups is 1. The molecule has 30 heavy (non-hydrogen) atoms. The molecule has 2 aliphatic rings. The second kappa shape index (κ2) is 8.06. The topological polar surface area (TPSA) is 72.5 Å². The van der Waals surface area contributed by atoms with Crippen LogP contribution in [-0.4, -0.2) is 48.3 Å². The molecule has 1 aliphatic heterocycles. The molecule has 7 nitrogen and oxygen atoms in total. The number of hydrogen-bond acceptors (Lipinski definition) is 5. The Morgan fingerprint density at radius 3 is 2.67 bits per heavy atom. The molecule has 0 N–H and O–H groups in total. The summed E-state index contributed by atoms with van der Waals surface area (Å²) in [6.07, 6.45) is 7.60. The molecule has 2 aromatic heterocycles. The fourth-order valence-corrected chi connectivity index (χ4v) is 5.79. The molecule has 8 heteroatoms. The number of likely N-dealkylation sites (tertiary alicyclic amines) is 1. The van der Waals surface area contributed by atoms with Gasteiger partial charge in [0.15, 0.2) is 5.16 Å². The van der Waals surface area contributed by atoms with E-state index in [4.69, 9.17) is 0 Å². The van der Waals surface area contributed by atoms with Gasteiger partial charge < -0.3 is 4.90 Å². The first kappa shape index (κ1) is 19.6. The average Bonchev–Trinajstić information content (AvgIpc) is 3.43. The van der Waals surface area contributed by atoms with E-state index in [9.17, 15) is 9.59 Å². The molecular weight excluding hydrogens is 398 g/mol. The average molecular weight is 426 g/mol. The van der Waals surface area contributed by atoms with Gasteiger partial charge in [-0.1, -0.05) is 36.7 Å². The lowest BCUT2D eigenvalue weighted by Crippen LogP contribution is -2.42. The summed E-state index contributed by atoms with van der Waals surface area (Å²) in [4.78, 5) is 28.1. The lowest BCUT2D eigenvalue weighted by molar-refractivity contribution is -0.131. The summed E-state index contributed by atoms with van der Waals surface area (Å²) in [5.74, 6) is 1.08. The van der Waals surface area contributed by atoms with E-state index in [0.717, 1.165) is 50.6 Å². The number of nitrogens with zero attached hydrogens (tertiary/aromatic N) is 5. The molecule has 0 radical (unpaired) electrons. The Balaban J connectivity index is 1.53. The number of thioether (sulfide) groups is 1. The van der Waals surface area contributed by atoms with Crippen molar-refractivity contribution >= 4 is 34.3 Å². The van der Waals surface area contributed by atoms with Gasteiger partial charge in [-0.2, -0.15) is 0 Å². The summed E-state index contributed by atoms with van der Waals surface area (Å²) in [7, 11) is 0. The molecule has 2 fully saturated rings. The van der Waals surface area contributed by atoms with E-state index in [1.54, 1.807) is 0 Å². The number of para-hydroxylation sites is 1. The number of carbonyl (C=O) groups excluding carboxylic acids is 1. The molecule has 1 atom stereocenters. The maximum absolute atomic E-state index is 13.3. The smallest absolute Gasteiger partial charge is 0.263 e. The number of rotatable bonds is 4. The van der Waals surface area contributed by atoms with Crippen LogP contribution in [0.25, 0.3) is 16.7 Å². The van der Waals surface area contributed by atoms with Crippen LogP contribution in [0.4, 0.5) is 0 Å². The highest BCUT2D eigenvalue weighted by Gasteiger charge is 2.26. The van der Waals surface area contributed by atoms with Gasteiger partial charge in [-0.15, -0.1) is 10.2 Å². The molecule has 5 rings (SSSR count). The summed E-state index contributed by atoms with van der Waals surface area (Å²) in [6, 6.07) is 8.10. The lowest BCUT2D eigenvalue weighted by Gasteiger charge is -2.33. The monoisotopic (exact) mass is 425 g/mol. The van der Waals surface area contributed by atoms with Gasteiger partial charge in [0.25, 0.3) is 5.56 Å². The third-order valence-corrected chi connectivity index (χ3v) is 7.48. The standard InChI is InChI=1S/C22H27N5O2S/c1-15-8-6-7-13-25(15)19(28)14-30-22-24-23-21-26(16-9-2-3-10-16)20(29)17-11-4-5-12-18(17)27(21)22/h4-5,11-12,15-16H,2-3,6-10,13-14H2,1H3/t15-/m1/s1. The molecule has 1 aliphatic carbocycles.